The summed E-state index contributed by atoms with van der Waals surface area (Å²) in [5.41, 5.74) is 4.45. The molecule has 1 spiro atoms. The highest BCUT2D eigenvalue weighted by Crippen LogP contribution is 2.54. The number of carbonyl (C=O) groups is 4. The Hall–Kier alpha value is -3.82. The van der Waals surface area contributed by atoms with Gasteiger partial charge in [0.25, 0.3) is 0 Å². The highest BCUT2D eigenvalue weighted by atomic mass is 16.6. The molecule has 2 aliphatic heterocycles. The number of para-hydroxylation sites is 1. The zero-order valence-corrected chi connectivity index (χ0v) is 18.9. The van der Waals surface area contributed by atoms with Crippen molar-refractivity contribution in [3.05, 3.63) is 52.6 Å². The van der Waals surface area contributed by atoms with Crippen LogP contribution in [0.2, 0.25) is 0 Å². The number of hydrogen-bond donors (Lipinski definition) is 1. The molecule has 0 aliphatic carbocycles. The third kappa shape index (κ3) is 3.71. The van der Waals surface area contributed by atoms with E-state index in [0.717, 1.165) is 20.6 Å². The maximum Gasteiger partial charge on any atom is 0.339 e. The standard InChI is InChI=1S/C23H26N2O8/c1-5-6-11-32-21(28)18-19(24)25(2)14-10-8-7-9-13(14)23(18)17(20(27)31-4)15(33-22(23)29)12-16(26)30-3/h7-10H,5-6,11-12,24H2,1-4H3/t23-/m0/s1. The molecular weight excluding hydrogens is 432 g/mol. The Morgan fingerprint density at radius 2 is 1.79 bits per heavy atom. The molecule has 0 radical (unpaired) electrons. The van der Waals surface area contributed by atoms with E-state index in [0.29, 0.717) is 12.1 Å². The molecule has 10 heteroatoms. The van der Waals surface area contributed by atoms with E-state index in [4.69, 9.17) is 19.9 Å². The minimum Gasteiger partial charge on any atom is -0.469 e. The molecule has 0 amide bonds. The Bertz CT molecular complexity index is 1070. The molecule has 10 nitrogen and oxygen atoms in total. The summed E-state index contributed by atoms with van der Waals surface area (Å²) in [4.78, 5) is 53.5. The monoisotopic (exact) mass is 458 g/mol. The summed E-state index contributed by atoms with van der Waals surface area (Å²) in [6, 6.07) is 6.64. The van der Waals surface area contributed by atoms with E-state index < -0.39 is 35.7 Å². The maximum absolute atomic E-state index is 13.6. The van der Waals surface area contributed by atoms with Gasteiger partial charge in [-0.05, 0) is 12.5 Å². The number of anilines is 1. The Labute approximate surface area is 190 Å². The SMILES string of the molecule is CCCCOC(=O)C1=C(N)N(C)c2ccccc2[C@@]12C(=O)OC(CC(=O)OC)=C2C(=O)OC. The highest BCUT2D eigenvalue weighted by Gasteiger charge is 2.64. The average molecular weight is 458 g/mol. The number of hydrogen-bond acceptors (Lipinski definition) is 10. The fourth-order valence-electron chi connectivity index (χ4n) is 4.07. The lowest BCUT2D eigenvalue weighted by molar-refractivity contribution is -0.148. The molecule has 0 fully saturated rings. The summed E-state index contributed by atoms with van der Waals surface area (Å²) in [7, 11) is 3.90. The molecule has 0 unspecified atom stereocenters. The maximum atomic E-state index is 13.6. The molecule has 176 valence electrons. The largest absolute Gasteiger partial charge is 0.469 e. The Morgan fingerprint density at radius 3 is 2.42 bits per heavy atom. The summed E-state index contributed by atoms with van der Waals surface area (Å²) >= 11 is 0. The van der Waals surface area contributed by atoms with Gasteiger partial charge in [0.2, 0.25) is 0 Å². The van der Waals surface area contributed by atoms with Crippen LogP contribution in [0, 0.1) is 0 Å². The molecule has 0 aromatic heterocycles. The van der Waals surface area contributed by atoms with Gasteiger partial charge in [0, 0.05) is 18.3 Å². The average Bonchev–Trinajstić information content (AvgIpc) is 3.08. The van der Waals surface area contributed by atoms with E-state index in [2.05, 4.69) is 4.74 Å². The van der Waals surface area contributed by atoms with Crippen molar-refractivity contribution in [3.63, 3.8) is 0 Å². The second-order valence-corrected chi connectivity index (χ2v) is 7.51. The topological polar surface area (TPSA) is 134 Å². The van der Waals surface area contributed by atoms with Crippen LogP contribution < -0.4 is 10.6 Å². The predicted molar refractivity (Wildman–Crippen MR) is 115 cm³/mol. The zero-order chi connectivity index (χ0) is 24.3. The fraction of sp³-hybridized carbons (Fsp3) is 0.391. The number of nitrogens with zero attached hydrogens (tertiary/aromatic N) is 1. The van der Waals surface area contributed by atoms with Crippen LogP contribution in [-0.4, -0.2) is 51.8 Å². The van der Waals surface area contributed by atoms with Crippen molar-refractivity contribution in [2.24, 2.45) is 5.73 Å². The second-order valence-electron chi connectivity index (χ2n) is 7.51. The predicted octanol–water partition coefficient (Wildman–Crippen LogP) is 1.43. The Kier molecular flexibility index (Phi) is 6.75. The number of benzene rings is 1. The number of fused-ring (bicyclic) bond motifs is 2. The van der Waals surface area contributed by atoms with Gasteiger partial charge < -0.3 is 29.6 Å². The first-order chi connectivity index (χ1) is 15.7. The van der Waals surface area contributed by atoms with Crippen LogP contribution in [0.1, 0.15) is 31.7 Å². The van der Waals surface area contributed by atoms with Gasteiger partial charge >= 0.3 is 23.9 Å². The minimum atomic E-state index is -2.08. The van der Waals surface area contributed by atoms with E-state index >= 15 is 0 Å². The highest BCUT2D eigenvalue weighted by molar-refractivity contribution is 6.16. The molecule has 0 saturated carbocycles. The molecule has 2 heterocycles. The normalized spacial score (nSPS) is 19.4. The molecule has 1 atom stereocenters. The zero-order valence-electron chi connectivity index (χ0n) is 18.9. The number of cyclic esters (lactones) is 1. The molecule has 2 aliphatic rings. The van der Waals surface area contributed by atoms with Crippen LogP contribution in [0.3, 0.4) is 0 Å². The van der Waals surface area contributed by atoms with Gasteiger partial charge in [-0.15, -0.1) is 0 Å². The molecule has 0 saturated heterocycles. The van der Waals surface area contributed by atoms with Gasteiger partial charge in [0.05, 0.1) is 20.8 Å². The van der Waals surface area contributed by atoms with Gasteiger partial charge in [0.15, 0.2) is 5.41 Å². The van der Waals surface area contributed by atoms with Crippen LogP contribution in [-0.2, 0) is 43.5 Å². The van der Waals surface area contributed by atoms with E-state index in [-0.39, 0.29) is 34.9 Å². The van der Waals surface area contributed by atoms with Crippen molar-refractivity contribution >= 4 is 29.6 Å². The molecule has 0 bridgehead atoms. The minimum absolute atomic E-state index is 0.0899. The summed E-state index contributed by atoms with van der Waals surface area (Å²) in [5.74, 6) is -3.91. The van der Waals surface area contributed by atoms with E-state index in [1.54, 1.807) is 31.3 Å². The van der Waals surface area contributed by atoms with Crippen molar-refractivity contribution < 1.29 is 38.1 Å². The Morgan fingerprint density at radius 1 is 1.09 bits per heavy atom. The lowest BCUT2D eigenvalue weighted by Crippen LogP contribution is -2.50. The van der Waals surface area contributed by atoms with Crippen molar-refractivity contribution in [2.45, 2.75) is 31.6 Å². The lowest BCUT2D eigenvalue weighted by Gasteiger charge is -2.39. The van der Waals surface area contributed by atoms with Gasteiger partial charge in [-0.2, -0.15) is 0 Å². The van der Waals surface area contributed by atoms with Crippen molar-refractivity contribution in [2.75, 3.05) is 32.8 Å². The number of esters is 4. The number of unbranched alkanes of at least 4 members (excludes halogenated alkanes) is 1. The molecule has 33 heavy (non-hydrogen) atoms. The van der Waals surface area contributed by atoms with Crippen LogP contribution in [0.25, 0.3) is 0 Å². The van der Waals surface area contributed by atoms with E-state index in [1.807, 2.05) is 6.92 Å². The number of rotatable bonds is 7. The van der Waals surface area contributed by atoms with Crippen LogP contribution in [0.15, 0.2) is 47.0 Å². The number of nitrogens with two attached hydrogens (primary N) is 1. The van der Waals surface area contributed by atoms with Crippen molar-refractivity contribution in [3.8, 4) is 0 Å². The number of ether oxygens (including phenoxy) is 4. The van der Waals surface area contributed by atoms with Crippen molar-refractivity contribution in [1.82, 2.24) is 0 Å². The van der Waals surface area contributed by atoms with Gasteiger partial charge in [-0.3, -0.25) is 4.79 Å². The summed E-state index contributed by atoms with van der Waals surface area (Å²) in [6.07, 6.45) is 0.842. The van der Waals surface area contributed by atoms with Crippen LogP contribution in [0.4, 0.5) is 5.69 Å². The first-order valence-corrected chi connectivity index (χ1v) is 10.4. The molecule has 2 N–H and O–H groups in total. The molecule has 1 aromatic carbocycles. The fourth-order valence-corrected chi connectivity index (χ4v) is 4.07. The first-order valence-electron chi connectivity index (χ1n) is 10.4. The molecule has 1 aromatic rings. The van der Waals surface area contributed by atoms with Crippen LogP contribution >= 0.6 is 0 Å². The van der Waals surface area contributed by atoms with Crippen LogP contribution in [0.5, 0.6) is 0 Å². The summed E-state index contributed by atoms with van der Waals surface area (Å²) in [6.45, 7) is 2.02. The third-order valence-corrected chi connectivity index (χ3v) is 5.70. The number of carbonyl (C=O) groups excluding carboxylic acids is 4. The molecule has 3 rings (SSSR count). The number of methoxy groups -OCH3 is 2. The summed E-state index contributed by atoms with van der Waals surface area (Å²) in [5, 5.41) is 0. The van der Waals surface area contributed by atoms with Gasteiger partial charge in [-0.1, -0.05) is 31.5 Å². The molecular formula is C23H26N2O8. The third-order valence-electron chi connectivity index (χ3n) is 5.70. The second kappa shape index (κ2) is 9.35. The van der Waals surface area contributed by atoms with Gasteiger partial charge in [0.1, 0.15) is 29.1 Å². The summed E-state index contributed by atoms with van der Waals surface area (Å²) < 4.78 is 20.5. The smallest absolute Gasteiger partial charge is 0.339 e. The van der Waals surface area contributed by atoms with E-state index in [9.17, 15) is 19.2 Å². The van der Waals surface area contributed by atoms with Gasteiger partial charge in [-0.25, -0.2) is 14.4 Å². The first kappa shape index (κ1) is 23.8. The quantitative estimate of drug-likeness (QED) is 0.363. The lowest BCUT2D eigenvalue weighted by atomic mass is 9.66. The Balaban J connectivity index is 2.37. The van der Waals surface area contributed by atoms with E-state index in [1.165, 1.54) is 4.90 Å². The van der Waals surface area contributed by atoms with Crippen molar-refractivity contribution in [1.29, 1.82) is 0 Å².